The summed E-state index contributed by atoms with van der Waals surface area (Å²) in [5.41, 5.74) is 2.01. The third-order valence-corrected chi connectivity index (χ3v) is 15.2. The molecule has 2 aromatic carbocycles. The number of hydrogen-bond acceptors (Lipinski definition) is 7. The van der Waals surface area contributed by atoms with E-state index in [1.165, 1.54) is 20.0 Å². The fourth-order valence-electron chi connectivity index (χ4n) is 10.1. The highest BCUT2D eigenvalue weighted by Crippen LogP contribution is 2.55. The standard InChI is InChI=1S/C42H57FN4O4S/c1-3-40-44-22-25-46(40)30-42(34-10-7-11-35(43)26-34,39-12-6-9-32(39)8-4-5-13-41(48)51-2)33-20-23-45(24-21-33)27-31-28-47(29-31)36-14-16-37(17-15-36)52(49,50)38-18-19-38/h7,10-11,14-17,22,25-26,31-33,38-39H,3-6,8-9,12-13,18-21,23-24,27-30H2,1-2H3/t32-,39-,42-/m0/s1. The Kier molecular flexibility index (Phi) is 11.4. The van der Waals surface area contributed by atoms with Crippen LogP contribution in [0.1, 0.15) is 88.9 Å². The highest BCUT2D eigenvalue weighted by Gasteiger charge is 2.52. The molecule has 7 rings (SSSR count). The second kappa shape index (κ2) is 16.0. The van der Waals surface area contributed by atoms with Crippen LogP contribution in [-0.4, -0.2) is 73.9 Å². The van der Waals surface area contributed by atoms with Crippen molar-refractivity contribution in [3.63, 3.8) is 0 Å². The van der Waals surface area contributed by atoms with Crippen LogP contribution in [-0.2, 0) is 37.7 Å². The number of nitrogens with zero attached hydrogens (tertiary/aromatic N) is 4. The lowest BCUT2D eigenvalue weighted by molar-refractivity contribution is -0.140. The van der Waals surface area contributed by atoms with Crippen molar-refractivity contribution >= 4 is 21.5 Å². The normalized spacial score (nSPS) is 23.0. The summed E-state index contributed by atoms with van der Waals surface area (Å²) in [7, 11) is -1.70. The maximum atomic E-state index is 15.2. The number of methoxy groups -OCH3 is 1. The molecule has 2 saturated heterocycles. The van der Waals surface area contributed by atoms with Crippen LogP contribution < -0.4 is 4.90 Å². The number of imidazole rings is 1. The number of carbonyl (C=O) groups is 1. The number of hydrogen-bond donors (Lipinski definition) is 0. The third kappa shape index (κ3) is 7.84. The molecule has 52 heavy (non-hydrogen) atoms. The predicted molar refractivity (Wildman–Crippen MR) is 203 cm³/mol. The molecular weight excluding hydrogens is 676 g/mol. The van der Waals surface area contributed by atoms with E-state index in [2.05, 4.69) is 33.6 Å². The van der Waals surface area contributed by atoms with Crippen molar-refractivity contribution in [3.8, 4) is 0 Å². The van der Waals surface area contributed by atoms with Gasteiger partial charge in [-0.15, -0.1) is 0 Å². The van der Waals surface area contributed by atoms with Crippen LogP contribution >= 0.6 is 0 Å². The van der Waals surface area contributed by atoms with Crippen LogP contribution in [0, 0.1) is 29.5 Å². The molecule has 0 radical (unpaired) electrons. The minimum atomic E-state index is -3.16. The number of aromatic nitrogens is 2. The van der Waals surface area contributed by atoms with E-state index in [-0.39, 0.29) is 22.5 Å². The number of piperidine rings is 1. The molecule has 10 heteroatoms. The van der Waals surface area contributed by atoms with Crippen LogP contribution in [0.2, 0.25) is 0 Å². The summed E-state index contributed by atoms with van der Waals surface area (Å²) in [5, 5.41) is -0.182. The van der Waals surface area contributed by atoms with Crippen molar-refractivity contribution in [3.05, 3.63) is 78.1 Å². The Balaban J connectivity index is 1.06. The largest absolute Gasteiger partial charge is 0.469 e. The van der Waals surface area contributed by atoms with Crippen molar-refractivity contribution in [2.24, 2.45) is 23.7 Å². The number of halogens is 1. The van der Waals surface area contributed by atoms with E-state index >= 15 is 4.39 Å². The molecule has 2 aliphatic heterocycles. The Morgan fingerprint density at radius 1 is 1.00 bits per heavy atom. The molecule has 0 N–H and O–H groups in total. The second-order valence-electron chi connectivity index (χ2n) is 16.1. The summed E-state index contributed by atoms with van der Waals surface area (Å²) in [5.74, 6) is 2.71. The lowest BCUT2D eigenvalue weighted by Gasteiger charge is -2.52. The maximum Gasteiger partial charge on any atom is 0.305 e. The first-order valence-corrected chi connectivity index (χ1v) is 21.4. The Hall–Kier alpha value is -3.24. The fourth-order valence-corrected chi connectivity index (χ4v) is 11.8. The zero-order chi connectivity index (χ0) is 36.3. The van der Waals surface area contributed by atoms with E-state index in [4.69, 9.17) is 9.72 Å². The zero-order valence-electron chi connectivity index (χ0n) is 31.1. The lowest BCUT2D eigenvalue weighted by Crippen LogP contribution is -2.55. The molecule has 2 saturated carbocycles. The highest BCUT2D eigenvalue weighted by molar-refractivity contribution is 7.92. The minimum absolute atomic E-state index is 0.138. The molecule has 3 aromatic rings. The number of benzene rings is 2. The molecular formula is C42H57FN4O4S. The summed E-state index contributed by atoms with van der Waals surface area (Å²) in [6.07, 6.45) is 15.5. The molecule has 2 aliphatic carbocycles. The van der Waals surface area contributed by atoms with Gasteiger partial charge in [-0.25, -0.2) is 17.8 Å². The molecule has 0 amide bonds. The first-order chi connectivity index (χ1) is 25.2. The van der Waals surface area contributed by atoms with Crippen molar-refractivity contribution in [2.75, 3.05) is 44.7 Å². The van der Waals surface area contributed by atoms with Gasteiger partial charge in [0.1, 0.15) is 11.6 Å². The lowest BCUT2D eigenvalue weighted by atomic mass is 9.56. The van der Waals surface area contributed by atoms with Gasteiger partial charge in [0.15, 0.2) is 9.84 Å². The van der Waals surface area contributed by atoms with Gasteiger partial charge in [0.05, 0.1) is 17.3 Å². The SMILES string of the molecule is CCc1nccn1C[C@@](c1cccc(F)c1)(C1CCN(CC2CN(c3ccc(S(=O)(=O)C4CC4)cc3)C2)CC1)[C@H]1CCC[C@@H]1CCCCC(=O)OC. The van der Waals surface area contributed by atoms with Gasteiger partial charge in [0, 0.05) is 68.4 Å². The number of rotatable bonds is 16. The number of ether oxygens (including phenoxy) is 1. The highest BCUT2D eigenvalue weighted by atomic mass is 32.2. The van der Waals surface area contributed by atoms with Crippen LogP contribution in [0.25, 0.3) is 0 Å². The van der Waals surface area contributed by atoms with E-state index in [1.54, 1.807) is 18.2 Å². The quantitative estimate of drug-likeness (QED) is 0.112. The second-order valence-corrected chi connectivity index (χ2v) is 18.3. The van der Waals surface area contributed by atoms with Crippen molar-refractivity contribution in [1.29, 1.82) is 0 Å². The summed E-state index contributed by atoms with van der Waals surface area (Å²) in [4.78, 5) is 22.0. The van der Waals surface area contributed by atoms with Gasteiger partial charge in [0.2, 0.25) is 0 Å². The number of esters is 1. The van der Waals surface area contributed by atoms with Gasteiger partial charge in [-0.05, 0) is 111 Å². The summed E-state index contributed by atoms with van der Waals surface area (Å²) in [6, 6.07) is 15.0. The molecule has 1 aromatic heterocycles. The van der Waals surface area contributed by atoms with Crippen molar-refractivity contribution in [1.82, 2.24) is 14.5 Å². The van der Waals surface area contributed by atoms with Crippen LogP contribution in [0.3, 0.4) is 0 Å². The van der Waals surface area contributed by atoms with E-state index in [1.807, 2.05) is 30.5 Å². The Morgan fingerprint density at radius 3 is 2.46 bits per heavy atom. The molecule has 8 nitrogen and oxygen atoms in total. The number of carbonyl (C=O) groups excluding carboxylic acids is 1. The monoisotopic (exact) mass is 732 g/mol. The van der Waals surface area contributed by atoms with E-state index in [9.17, 15) is 13.2 Å². The van der Waals surface area contributed by atoms with Gasteiger partial charge in [-0.1, -0.05) is 44.7 Å². The van der Waals surface area contributed by atoms with Gasteiger partial charge in [-0.3, -0.25) is 4.79 Å². The first-order valence-electron chi connectivity index (χ1n) is 19.9. The minimum Gasteiger partial charge on any atom is -0.469 e. The van der Waals surface area contributed by atoms with Crippen LogP contribution in [0.5, 0.6) is 0 Å². The number of anilines is 1. The number of sulfone groups is 1. The molecule has 3 atom stereocenters. The average molecular weight is 733 g/mol. The number of likely N-dealkylation sites (tertiary alicyclic amines) is 1. The summed E-state index contributed by atoms with van der Waals surface area (Å²) < 4.78 is 47.8. The Bertz CT molecular complexity index is 1760. The average Bonchev–Trinajstić information content (AvgIpc) is 3.75. The number of unbranched alkanes of at least 4 members (excludes halogenated alkanes) is 1. The van der Waals surface area contributed by atoms with Crippen LogP contribution in [0.15, 0.2) is 65.8 Å². The number of aryl methyl sites for hydroxylation is 1. The molecule has 4 fully saturated rings. The van der Waals surface area contributed by atoms with Crippen LogP contribution in [0.4, 0.5) is 10.1 Å². The van der Waals surface area contributed by atoms with Gasteiger partial charge >= 0.3 is 5.97 Å². The van der Waals surface area contributed by atoms with E-state index < -0.39 is 9.84 Å². The predicted octanol–water partition coefficient (Wildman–Crippen LogP) is 7.46. The molecule has 3 heterocycles. The topological polar surface area (TPSA) is 84.7 Å². The fraction of sp³-hybridized carbons (Fsp3) is 0.619. The Labute approximate surface area is 310 Å². The maximum absolute atomic E-state index is 15.2. The van der Waals surface area contributed by atoms with E-state index in [0.717, 1.165) is 114 Å². The summed E-state index contributed by atoms with van der Waals surface area (Å²) >= 11 is 0. The zero-order valence-corrected chi connectivity index (χ0v) is 31.9. The van der Waals surface area contributed by atoms with Gasteiger partial charge in [0.25, 0.3) is 0 Å². The molecule has 0 spiro atoms. The first kappa shape index (κ1) is 37.1. The summed E-state index contributed by atoms with van der Waals surface area (Å²) in [6.45, 7) is 8.09. The molecule has 4 aliphatic rings. The van der Waals surface area contributed by atoms with E-state index in [0.29, 0.717) is 35.0 Å². The van der Waals surface area contributed by atoms with Gasteiger partial charge < -0.3 is 19.1 Å². The van der Waals surface area contributed by atoms with Crippen molar-refractivity contribution < 1.29 is 22.3 Å². The smallest absolute Gasteiger partial charge is 0.305 e. The molecule has 0 unspecified atom stereocenters. The molecule has 0 bridgehead atoms. The van der Waals surface area contributed by atoms with Gasteiger partial charge in [-0.2, -0.15) is 0 Å². The molecule has 282 valence electrons. The van der Waals surface area contributed by atoms with Crippen molar-refractivity contribution in [2.45, 2.75) is 106 Å². The third-order valence-electron chi connectivity index (χ3n) is 12.9. The Morgan fingerprint density at radius 2 is 1.77 bits per heavy atom.